The summed E-state index contributed by atoms with van der Waals surface area (Å²) in [5.41, 5.74) is -0.635. The Morgan fingerprint density at radius 1 is 1.00 bits per heavy atom. The topological polar surface area (TPSA) is 63.2 Å². The fourth-order valence-corrected chi connectivity index (χ4v) is 3.58. The van der Waals surface area contributed by atoms with Crippen LogP contribution >= 0.6 is 7.60 Å². The first kappa shape index (κ1) is 20.0. The quantitative estimate of drug-likeness (QED) is 0.486. The zero-order valence-electron chi connectivity index (χ0n) is 11.1. The Balaban J connectivity index is 0. The second kappa shape index (κ2) is 10.6. The van der Waals surface area contributed by atoms with Gasteiger partial charge in [0.2, 0.25) is 0 Å². The molecule has 17 heavy (non-hydrogen) atoms. The summed E-state index contributed by atoms with van der Waals surface area (Å²) in [5.74, 6) is 0.0623. The molecule has 0 spiro atoms. The molecule has 0 aromatic heterocycles. The van der Waals surface area contributed by atoms with Gasteiger partial charge in [0.25, 0.3) is 0 Å². The van der Waals surface area contributed by atoms with E-state index >= 15 is 0 Å². The van der Waals surface area contributed by atoms with Crippen LogP contribution in [0.2, 0.25) is 0 Å². The van der Waals surface area contributed by atoms with Gasteiger partial charge in [-0.15, -0.1) is 0 Å². The van der Waals surface area contributed by atoms with Gasteiger partial charge in [0.15, 0.2) is 0 Å². The predicted octanol–water partition coefficient (Wildman–Crippen LogP) is 2.67. The summed E-state index contributed by atoms with van der Waals surface area (Å²) in [5, 5.41) is 0. The van der Waals surface area contributed by atoms with Gasteiger partial charge < -0.3 is 14.4 Å². The van der Waals surface area contributed by atoms with E-state index in [-0.39, 0.29) is 23.0 Å². The Kier molecular flexibility index (Phi) is 12.4. The van der Waals surface area contributed by atoms with Crippen LogP contribution in [0, 0.1) is 5.92 Å². The molecule has 0 bridgehead atoms. The third-order valence-electron chi connectivity index (χ3n) is 3.26. The molecule has 0 aromatic carbocycles. The maximum absolute atomic E-state index is 11.3. The Morgan fingerprint density at radius 3 is 1.82 bits per heavy atom. The van der Waals surface area contributed by atoms with E-state index in [4.69, 9.17) is 0 Å². The third kappa shape index (κ3) is 8.40. The normalized spacial score (nSPS) is 15.1. The number of rotatable bonds is 9. The maximum Gasteiger partial charge on any atom is 2.00 e. The van der Waals surface area contributed by atoms with Crippen molar-refractivity contribution in [3.8, 4) is 0 Å². The van der Waals surface area contributed by atoms with Crippen LogP contribution in [0.15, 0.2) is 0 Å². The van der Waals surface area contributed by atoms with Gasteiger partial charge in [-0.3, -0.25) is 0 Å². The molecule has 0 saturated carbocycles. The van der Waals surface area contributed by atoms with E-state index < -0.39 is 13.3 Å². The Bertz CT molecular complexity index is 218. The van der Waals surface area contributed by atoms with Crippen LogP contribution < -0.4 is 9.79 Å². The fraction of sp³-hybridized carbons (Fsp3) is 1.00. The van der Waals surface area contributed by atoms with Crippen molar-refractivity contribution in [2.24, 2.45) is 5.92 Å². The fourth-order valence-electron chi connectivity index (χ4n) is 2.20. The average Bonchev–Trinajstić information content (AvgIpc) is 2.21. The Morgan fingerprint density at radius 2 is 1.47 bits per heavy atom. The van der Waals surface area contributed by atoms with Gasteiger partial charge in [-0.25, -0.2) is 0 Å². The molecular weight excluding hydrogens is 279 g/mol. The number of hydrogen-bond acceptors (Lipinski definition) is 3. The van der Waals surface area contributed by atoms with E-state index in [1.54, 1.807) is 0 Å². The molecule has 0 N–H and O–H groups in total. The van der Waals surface area contributed by atoms with Gasteiger partial charge >= 0.3 is 17.1 Å². The van der Waals surface area contributed by atoms with Crippen molar-refractivity contribution in [1.82, 2.24) is 0 Å². The average molecular weight is 304 g/mol. The molecular formula is C12H25FeO3P. The summed E-state index contributed by atoms with van der Waals surface area (Å²) in [6.07, 6.45) is 6.06. The molecule has 5 heteroatoms. The molecule has 2 unspecified atom stereocenters. The van der Waals surface area contributed by atoms with Crippen LogP contribution in [0.3, 0.4) is 0 Å². The molecule has 0 aliphatic heterocycles. The van der Waals surface area contributed by atoms with Gasteiger partial charge in [0, 0.05) is 0 Å². The predicted molar refractivity (Wildman–Crippen MR) is 64.2 cm³/mol. The third-order valence-corrected chi connectivity index (χ3v) is 4.75. The summed E-state index contributed by atoms with van der Waals surface area (Å²) >= 11 is 0. The zero-order chi connectivity index (χ0) is 12.6. The standard InChI is InChI=1S/C12H27O3P.Fe/c1-4-7-9-11(6-3)12(10-8-5-2)16(13,14)15;/h11-12H,4-10H2,1-3H3,(H2,13,14,15);/q;+2/p-2. The van der Waals surface area contributed by atoms with Gasteiger partial charge in [0.05, 0.1) is 0 Å². The van der Waals surface area contributed by atoms with Crippen LogP contribution in [0.4, 0.5) is 0 Å². The first-order valence-electron chi connectivity index (χ1n) is 6.49. The molecule has 0 rings (SSSR count). The molecule has 0 saturated heterocycles. The molecule has 0 aliphatic carbocycles. The van der Waals surface area contributed by atoms with Crippen molar-refractivity contribution in [2.75, 3.05) is 0 Å². The summed E-state index contributed by atoms with van der Waals surface area (Å²) in [4.78, 5) is 22.5. The second-order valence-corrected chi connectivity index (χ2v) is 6.30. The van der Waals surface area contributed by atoms with E-state index in [1.165, 1.54) is 0 Å². The minimum Gasteiger partial charge on any atom is -0.811 e. The molecule has 0 heterocycles. The number of unbranched alkanes of at least 4 members (excludes halogenated alkanes) is 2. The van der Waals surface area contributed by atoms with Crippen molar-refractivity contribution in [1.29, 1.82) is 0 Å². The van der Waals surface area contributed by atoms with Crippen molar-refractivity contribution in [2.45, 2.75) is 71.4 Å². The molecule has 104 valence electrons. The minimum absolute atomic E-state index is 0. The summed E-state index contributed by atoms with van der Waals surface area (Å²) in [6, 6.07) is 0. The van der Waals surface area contributed by atoms with E-state index in [0.717, 1.165) is 38.5 Å². The summed E-state index contributed by atoms with van der Waals surface area (Å²) < 4.78 is 11.3. The first-order chi connectivity index (χ1) is 7.47. The Hall–Kier alpha value is 0.669. The maximum atomic E-state index is 11.3. The van der Waals surface area contributed by atoms with Crippen LogP contribution in [0.25, 0.3) is 0 Å². The van der Waals surface area contributed by atoms with Crippen LogP contribution in [-0.2, 0) is 21.6 Å². The molecule has 0 aromatic rings. The van der Waals surface area contributed by atoms with Gasteiger partial charge in [0.1, 0.15) is 0 Å². The largest absolute Gasteiger partial charge is 2.00 e. The van der Waals surface area contributed by atoms with E-state index in [0.29, 0.717) is 6.42 Å². The van der Waals surface area contributed by atoms with E-state index in [1.807, 2.05) is 13.8 Å². The molecule has 0 radical (unpaired) electrons. The van der Waals surface area contributed by atoms with Gasteiger partial charge in [-0.2, -0.15) is 0 Å². The SMILES string of the molecule is CCCCC(CC)C(CCCC)P(=O)([O-])[O-].[Fe+2]. The van der Waals surface area contributed by atoms with Crippen LogP contribution in [0.5, 0.6) is 0 Å². The second-order valence-electron chi connectivity index (χ2n) is 4.56. The van der Waals surface area contributed by atoms with Crippen molar-refractivity contribution >= 4 is 7.60 Å². The van der Waals surface area contributed by atoms with Crippen molar-refractivity contribution < 1.29 is 31.4 Å². The van der Waals surface area contributed by atoms with Gasteiger partial charge in [-0.1, -0.05) is 60.5 Å². The minimum atomic E-state index is -4.42. The molecule has 0 amide bonds. The van der Waals surface area contributed by atoms with Crippen LogP contribution in [0.1, 0.15) is 65.7 Å². The summed E-state index contributed by atoms with van der Waals surface area (Å²) in [7, 11) is -4.42. The van der Waals surface area contributed by atoms with E-state index in [2.05, 4.69) is 6.92 Å². The van der Waals surface area contributed by atoms with E-state index in [9.17, 15) is 14.4 Å². The molecule has 3 nitrogen and oxygen atoms in total. The van der Waals surface area contributed by atoms with Crippen LogP contribution in [-0.4, -0.2) is 5.66 Å². The molecule has 2 atom stereocenters. The zero-order valence-corrected chi connectivity index (χ0v) is 13.1. The van der Waals surface area contributed by atoms with Gasteiger partial charge in [-0.05, 0) is 24.4 Å². The molecule has 0 aliphatic rings. The monoisotopic (exact) mass is 304 g/mol. The smallest absolute Gasteiger partial charge is 0.811 e. The first-order valence-corrected chi connectivity index (χ1v) is 8.10. The molecule has 0 fully saturated rings. The Labute approximate surface area is 116 Å². The summed E-state index contributed by atoms with van der Waals surface area (Å²) in [6.45, 7) is 6.08. The van der Waals surface area contributed by atoms with Crippen molar-refractivity contribution in [3.63, 3.8) is 0 Å². The number of hydrogen-bond donors (Lipinski definition) is 0. The van der Waals surface area contributed by atoms with Crippen molar-refractivity contribution in [3.05, 3.63) is 0 Å².